The van der Waals surface area contributed by atoms with E-state index in [0.717, 1.165) is 31.5 Å². The normalized spacial score (nSPS) is 33.1. The first-order chi connectivity index (χ1) is 10.7. The third kappa shape index (κ3) is 4.30. The minimum atomic E-state index is -2.49. The summed E-state index contributed by atoms with van der Waals surface area (Å²) in [7, 11) is 0. The van der Waals surface area contributed by atoms with Crippen LogP contribution in [0, 0.1) is 11.8 Å². The molecule has 2 atom stereocenters. The molecule has 5 heteroatoms. The van der Waals surface area contributed by atoms with Gasteiger partial charge >= 0.3 is 0 Å². The van der Waals surface area contributed by atoms with Crippen molar-refractivity contribution in [2.24, 2.45) is 16.8 Å². The third-order valence-corrected chi connectivity index (χ3v) is 5.31. The van der Waals surface area contributed by atoms with Gasteiger partial charge in [0.15, 0.2) is 0 Å². The molecule has 23 heavy (non-hydrogen) atoms. The smallest absolute Gasteiger partial charge is 0.248 e. The van der Waals surface area contributed by atoms with E-state index < -0.39 is 5.92 Å². The van der Waals surface area contributed by atoms with Gasteiger partial charge in [-0.1, -0.05) is 13.3 Å². The number of aliphatic imine (C=N–C) groups is 1. The number of alkyl halides is 2. The molecule has 0 saturated heterocycles. The lowest BCUT2D eigenvalue weighted by atomic mass is 9.96. The molecule has 0 spiro atoms. The van der Waals surface area contributed by atoms with E-state index in [0.29, 0.717) is 12.8 Å². The molecule has 2 rings (SSSR count). The molecule has 132 valence electrons. The fourth-order valence-electron chi connectivity index (χ4n) is 4.34. The van der Waals surface area contributed by atoms with E-state index in [2.05, 4.69) is 13.8 Å². The molecule has 0 aromatic rings. The standard InChI is InChI=1S/C18H30F2N2O/c1-5-6-7-16(22(12-23)13(2)3)21-17(4)8-14-10-18(19,20)11-15(14)9-17/h12-15H,5-11H2,1-4H3/b21-16-. The van der Waals surface area contributed by atoms with E-state index >= 15 is 0 Å². The van der Waals surface area contributed by atoms with E-state index in [4.69, 9.17) is 4.99 Å². The van der Waals surface area contributed by atoms with E-state index in [1.807, 2.05) is 13.8 Å². The van der Waals surface area contributed by atoms with E-state index in [9.17, 15) is 13.6 Å². The highest BCUT2D eigenvalue weighted by Gasteiger charge is 2.54. The summed E-state index contributed by atoms with van der Waals surface area (Å²) < 4.78 is 27.1. The molecular formula is C18H30F2N2O. The van der Waals surface area contributed by atoms with Crippen molar-refractivity contribution in [3.8, 4) is 0 Å². The number of amidine groups is 1. The molecule has 2 aliphatic carbocycles. The monoisotopic (exact) mass is 328 g/mol. The molecule has 0 aromatic carbocycles. The van der Waals surface area contributed by atoms with E-state index in [-0.39, 0.29) is 36.3 Å². The zero-order valence-corrected chi connectivity index (χ0v) is 14.8. The van der Waals surface area contributed by atoms with Crippen LogP contribution in [0.3, 0.4) is 0 Å². The molecule has 0 heterocycles. The van der Waals surface area contributed by atoms with Crippen LogP contribution in [0.1, 0.15) is 72.6 Å². The Morgan fingerprint density at radius 1 is 1.26 bits per heavy atom. The number of unbranched alkanes of at least 4 members (excludes halogenated alkanes) is 1. The number of fused-ring (bicyclic) bond motifs is 1. The van der Waals surface area contributed by atoms with Crippen molar-refractivity contribution in [1.29, 1.82) is 0 Å². The van der Waals surface area contributed by atoms with Gasteiger partial charge in [-0.3, -0.25) is 9.79 Å². The zero-order valence-electron chi connectivity index (χ0n) is 14.8. The molecule has 0 radical (unpaired) electrons. The lowest BCUT2D eigenvalue weighted by Crippen LogP contribution is -2.38. The Balaban J connectivity index is 2.17. The topological polar surface area (TPSA) is 32.7 Å². The van der Waals surface area contributed by atoms with Gasteiger partial charge in [-0.15, -0.1) is 0 Å². The number of amides is 1. The summed E-state index contributed by atoms with van der Waals surface area (Å²) in [5.74, 6) is -1.51. The van der Waals surface area contributed by atoms with Gasteiger partial charge < -0.3 is 4.90 Å². The number of hydrogen-bond acceptors (Lipinski definition) is 2. The van der Waals surface area contributed by atoms with Gasteiger partial charge in [0, 0.05) is 25.3 Å². The van der Waals surface area contributed by atoms with E-state index in [1.54, 1.807) is 4.90 Å². The number of rotatable bonds is 6. The van der Waals surface area contributed by atoms with Crippen molar-refractivity contribution in [3.63, 3.8) is 0 Å². The van der Waals surface area contributed by atoms with Gasteiger partial charge in [0.1, 0.15) is 5.84 Å². The predicted molar refractivity (Wildman–Crippen MR) is 88.8 cm³/mol. The van der Waals surface area contributed by atoms with Crippen LogP contribution in [-0.2, 0) is 4.79 Å². The van der Waals surface area contributed by atoms with Crippen molar-refractivity contribution in [3.05, 3.63) is 0 Å². The van der Waals surface area contributed by atoms with Crippen LogP contribution in [0.15, 0.2) is 4.99 Å². The number of halogens is 2. The van der Waals surface area contributed by atoms with Crippen molar-refractivity contribution < 1.29 is 13.6 Å². The SMILES string of the molecule is CCCC/C(=N/C1(C)CC2CC(F)(F)CC2C1)N(C=O)C(C)C. The maximum absolute atomic E-state index is 13.5. The second-order valence-electron chi connectivity index (χ2n) is 7.93. The summed E-state index contributed by atoms with van der Waals surface area (Å²) in [4.78, 5) is 18.1. The second kappa shape index (κ2) is 6.86. The third-order valence-electron chi connectivity index (χ3n) is 5.31. The Labute approximate surface area is 138 Å². The molecule has 3 nitrogen and oxygen atoms in total. The summed E-state index contributed by atoms with van der Waals surface area (Å²) in [5.41, 5.74) is -0.301. The summed E-state index contributed by atoms with van der Waals surface area (Å²) >= 11 is 0. The fourth-order valence-corrected chi connectivity index (χ4v) is 4.34. The molecule has 2 fully saturated rings. The Bertz CT molecular complexity index is 446. The molecule has 1 amide bonds. The number of hydrogen-bond donors (Lipinski definition) is 0. The average molecular weight is 328 g/mol. The number of carbonyl (C=O) groups excluding carboxylic acids is 1. The maximum atomic E-state index is 13.5. The van der Waals surface area contributed by atoms with Gasteiger partial charge in [0.05, 0.1) is 5.54 Å². The maximum Gasteiger partial charge on any atom is 0.248 e. The van der Waals surface area contributed by atoms with Crippen LogP contribution in [0.5, 0.6) is 0 Å². The molecule has 2 unspecified atom stereocenters. The lowest BCUT2D eigenvalue weighted by molar-refractivity contribution is -0.115. The summed E-state index contributed by atoms with van der Waals surface area (Å²) in [5, 5.41) is 0. The molecule has 0 bridgehead atoms. The lowest BCUT2D eigenvalue weighted by Gasteiger charge is -2.29. The van der Waals surface area contributed by atoms with Crippen LogP contribution >= 0.6 is 0 Å². The van der Waals surface area contributed by atoms with Gasteiger partial charge in [0.25, 0.3) is 0 Å². The van der Waals surface area contributed by atoms with Crippen molar-refractivity contribution in [2.45, 2.75) is 90.1 Å². The van der Waals surface area contributed by atoms with Gasteiger partial charge in [-0.2, -0.15) is 0 Å². The van der Waals surface area contributed by atoms with Crippen molar-refractivity contribution in [2.75, 3.05) is 0 Å². The fraction of sp³-hybridized carbons (Fsp3) is 0.889. The second-order valence-corrected chi connectivity index (χ2v) is 7.93. The highest BCUT2D eigenvalue weighted by Crippen LogP contribution is 2.55. The van der Waals surface area contributed by atoms with Gasteiger partial charge in [0.2, 0.25) is 12.3 Å². The molecule has 2 aliphatic rings. The largest absolute Gasteiger partial charge is 0.301 e. The van der Waals surface area contributed by atoms with Gasteiger partial charge in [-0.25, -0.2) is 8.78 Å². The Morgan fingerprint density at radius 2 is 1.83 bits per heavy atom. The summed E-state index contributed by atoms with van der Waals surface area (Å²) in [6.07, 6.45) is 5.10. The highest BCUT2D eigenvalue weighted by molar-refractivity contribution is 5.91. The number of carbonyl (C=O) groups is 1. The molecule has 0 aromatic heterocycles. The van der Waals surface area contributed by atoms with Crippen molar-refractivity contribution >= 4 is 12.2 Å². The molecule has 0 N–H and O–H groups in total. The average Bonchev–Trinajstić information content (AvgIpc) is 2.84. The molecule has 2 saturated carbocycles. The highest BCUT2D eigenvalue weighted by atomic mass is 19.3. The Morgan fingerprint density at radius 3 is 2.26 bits per heavy atom. The quantitative estimate of drug-likeness (QED) is 0.397. The first kappa shape index (κ1) is 18.3. The molecule has 0 aliphatic heterocycles. The van der Waals surface area contributed by atoms with Crippen LogP contribution in [0.25, 0.3) is 0 Å². The minimum absolute atomic E-state index is 0.00858. The number of nitrogens with zero attached hydrogens (tertiary/aromatic N) is 2. The van der Waals surface area contributed by atoms with E-state index in [1.165, 1.54) is 0 Å². The predicted octanol–water partition coefficient (Wildman–Crippen LogP) is 4.66. The zero-order chi connectivity index (χ0) is 17.3. The van der Waals surface area contributed by atoms with Gasteiger partial charge in [-0.05, 0) is 51.9 Å². The van der Waals surface area contributed by atoms with Crippen molar-refractivity contribution in [1.82, 2.24) is 4.90 Å². The Kier molecular flexibility index (Phi) is 5.47. The minimum Gasteiger partial charge on any atom is -0.301 e. The Hall–Kier alpha value is -1.00. The summed E-state index contributed by atoms with van der Waals surface area (Å²) in [6.45, 7) is 8.13. The van der Waals surface area contributed by atoms with Crippen LogP contribution < -0.4 is 0 Å². The summed E-state index contributed by atoms with van der Waals surface area (Å²) in [6, 6.07) is 0.0666. The van der Waals surface area contributed by atoms with Crippen LogP contribution in [0.2, 0.25) is 0 Å². The first-order valence-electron chi connectivity index (χ1n) is 8.90. The first-order valence-corrected chi connectivity index (χ1v) is 8.90. The van der Waals surface area contributed by atoms with Crippen LogP contribution in [-0.4, -0.2) is 34.6 Å². The van der Waals surface area contributed by atoms with Crippen LogP contribution in [0.4, 0.5) is 8.78 Å². The molecular weight excluding hydrogens is 298 g/mol.